The maximum absolute atomic E-state index is 4.39. The molecule has 0 amide bonds. The molecule has 2 rings (SSSR count). The summed E-state index contributed by atoms with van der Waals surface area (Å²) in [5, 5.41) is 7.89. The Hall–Kier alpha value is -1.68. The van der Waals surface area contributed by atoms with Gasteiger partial charge in [-0.15, -0.1) is 0 Å². The van der Waals surface area contributed by atoms with Crippen LogP contribution in [0.1, 0.15) is 37.6 Å². The van der Waals surface area contributed by atoms with Gasteiger partial charge in [0.2, 0.25) is 0 Å². The summed E-state index contributed by atoms with van der Waals surface area (Å²) < 4.78 is 1.92. The van der Waals surface area contributed by atoms with E-state index in [1.807, 2.05) is 37.1 Å². The average molecular weight is 258 g/mol. The van der Waals surface area contributed by atoms with Crippen LogP contribution in [0.15, 0.2) is 24.7 Å². The third-order valence-corrected chi connectivity index (χ3v) is 2.87. The van der Waals surface area contributed by atoms with Crippen LogP contribution in [0.5, 0.6) is 0 Å². The van der Waals surface area contributed by atoms with Crippen LogP contribution in [0.4, 0.5) is 0 Å². The highest BCUT2D eigenvalue weighted by Gasteiger charge is 2.12. The van der Waals surface area contributed by atoms with Crippen molar-refractivity contribution in [2.75, 3.05) is 0 Å². The highest BCUT2D eigenvalue weighted by atomic mass is 15.3. The van der Waals surface area contributed by atoms with Crippen LogP contribution in [-0.4, -0.2) is 20.3 Å². The number of nitrogens with zero attached hydrogens (tertiary/aromatic N) is 3. The van der Waals surface area contributed by atoms with Crippen molar-refractivity contribution in [3.63, 3.8) is 0 Å². The van der Waals surface area contributed by atoms with Crippen molar-refractivity contribution >= 4 is 0 Å². The zero-order valence-electron chi connectivity index (χ0n) is 12.4. The Kier molecular flexibility index (Phi) is 3.71. The molecule has 4 heteroatoms. The molecule has 4 nitrogen and oxygen atoms in total. The predicted molar refractivity (Wildman–Crippen MR) is 77.4 cm³/mol. The third-order valence-electron chi connectivity index (χ3n) is 2.87. The molecule has 0 aliphatic rings. The second-order valence-electron chi connectivity index (χ2n) is 6.02. The molecule has 2 aromatic heterocycles. The number of pyridine rings is 1. The lowest BCUT2D eigenvalue weighted by molar-refractivity contribution is 0.423. The quantitative estimate of drug-likeness (QED) is 0.920. The molecule has 0 spiro atoms. The summed E-state index contributed by atoms with van der Waals surface area (Å²) in [7, 11) is 0. The van der Waals surface area contributed by atoms with Gasteiger partial charge in [0, 0.05) is 35.7 Å². The Morgan fingerprint density at radius 2 is 1.95 bits per heavy atom. The molecule has 102 valence electrons. The van der Waals surface area contributed by atoms with Gasteiger partial charge in [-0.2, -0.15) is 5.10 Å². The molecule has 19 heavy (non-hydrogen) atoms. The first kappa shape index (κ1) is 13.7. The van der Waals surface area contributed by atoms with E-state index in [9.17, 15) is 0 Å². The normalized spacial score (nSPS) is 11.8. The van der Waals surface area contributed by atoms with E-state index < -0.39 is 0 Å². The predicted octanol–water partition coefficient (Wildman–Crippen LogP) is 2.77. The summed E-state index contributed by atoms with van der Waals surface area (Å²) in [5.74, 6) is 0. The molecule has 2 aromatic rings. The van der Waals surface area contributed by atoms with E-state index in [-0.39, 0.29) is 5.54 Å². The van der Waals surface area contributed by atoms with Crippen molar-refractivity contribution in [1.29, 1.82) is 0 Å². The molecular weight excluding hydrogens is 236 g/mol. The molecule has 0 saturated heterocycles. The summed E-state index contributed by atoms with van der Waals surface area (Å²) in [6.45, 7) is 11.3. The molecule has 0 radical (unpaired) electrons. The van der Waals surface area contributed by atoms with E-state index in [1.54, 1.807) is 0 Å². The molecule has 0 aromatic carbocycles. The van der Waals surface area contributed by atoms with Crippen LogP contribution < -0.4 is 5.32 Å². The van der Waals surface area contributed by atoms with Crippen LogP contribution >= 0.6 is 0 Å². The van der Waals surface area contributed by atoms with Crippen molar-refractivity contribution in [2.45, 2.75) is 46.7 Å². The largest absolute Gasteiger partial charge is 0.308 e. The fourth-order valence-corrected chi connectivity index (χ4v) is 1.83. The van der Waals surface area contributed by atoms with E-state index in [0.29, 0.717) is 0 Å². The minimum atomic E-state index is 0.0855. The molecular formula is C15H22N4. The molecule has 2 heterocycles. The highest BCUT2D eigenvalue weighted by Crippen LogP contribution is 2.16. The van der Waals surface area contributed by atoms with Crippen LogP contribution in [0.2, 0.25) is 0 Å². The molecule has 0 bridgehead atoms. The standard InChI is InChI=1S/C15H22N4/c1-11-7-18-19(10-11)14-6-12(2)16-8-13(14)9-17-15(3,4)5/h6-8,10,17H,9H2,1-5H3. The van der Waals surface area contributed by atoms with Crippen LogP contribution in [0.3, 0.4) is 0 Å². The number of aryl methyl sites for hydroxylation is 2. The van der Waals surface area contributed by atoms with Crippen molar-refractivity contribution in [1.82, 2.24) is 20.1 Å². The van der Waals surface area contributed by atoms with E-state index >= 15 is 0 Å². The van der Waals surface area contributed by atoms with E-state index in [2.05, 4.69) is 42.2 Å². The zero-order chi connectivity index (χ0) is 14.0. The van der Waals surface area contributed by atoms with Crippen molar-refractivity contribution in [3.8, 4) is 5.69 Å². The van der Waals surface area contributed by atoms with E-state index in [0.717, 1.165) is 29.1 Å². The Balaban J connectivity index is 2.33. The Labute approximate surface area is 114 Å². The fraction of sp³-hybridized carbons (Fsp3) is 0.467. The summed E-state index contributed by atoms with van der Waals surface area (Å²) in [6, 6.07) is 2.08. The van der Waals surface area contributed by atoms with E-state index in [1.165, 1.54) is 0 Å². The lowest BCUT2D eigenvalue weighted by Crippen LogP contribution is -2.35. The monoisotopic (exact) mass is 258 g/mol. The number of hydrogen-bond donors (Lipinski definition) is 1. The smallest absolute Gasteiger partial charge is 0.0724 e. The Morgan fingerprint density at radius 1 is 1.21 bits per heavy atom. The minimum Gasteiger partial charge on any atom is -0.308 e. The first-order valence-corrected chi connectivity index (χ1v) is 6.57. The van der Waals surface area contributed by atoms with Gasteiger partial charge in [-0.3, -0.25) is 4.98 Å². The summed E-state index contributed by atoms with van der Waals surface area (Å²) in [6.07, 6.45) is 5.84. The van der Waals surface area contributed by atoms with Gasteiger partial charge in [0.05, 0.1) is 11.9 Å². The molecule has 0 fully saturated rings. The summed E-state index contributed by atoms with van der Waals surface area (Å²) in [5.41, 5.74) is 4.50. The van der Waals surface area contributed by atoms with Crippen LogP contribution in [0.25, 0.3) is 5.69 Å². The SMILES string of the molecule is Cc1cnn(-c2cc(C)ncc2CNC(C)(C)C)c1. The van der Waals surface area contributed by atoms with Gasteiger partial charge in [0.25, 0.3) is 0 Å². The van der Waals surface area contributed by atoms with Crippen molar-refractivity contribution < 1.29 is 0 Å². The number of aromatic nitrogens is 3. The summed E-state index contributed by atoms with van der Waals surface area (Å²) >= 11 is 0. The second-order valence-corrected chi connectivity index (χ2v) is 6.02. The molecule has 0 aliphatic heterocycles. The van der Waals surface area contributed by atoms with Gasteiger partial charge in [0.15, 0.2) is 0 Å². The van der Waals surface area contributed by atoms with Crippen LogP contribution in [-0.2, 0) is 6.54 Å². The van der Waals surface area contributed by atoms with Gasteiger partial charge < -0.3 is 5.32 Å². The summed E-state index contributed by atoms with van der Waals surface area (Å²) in [4.78, 5) is 4.39. The maximum atomic E-state index is 4.39. The number of rotatable bonds is 3. The van der Waals surface area contributed by atoms with Gasteiger partial charge in [-0.05, 0) is 46.2 Å². The van der Waals surface area contributed by atoms with Crippen molar-refractivity contribution in [2.24, 2.45) is 0 Å². The number of nitrogens with one attached hydrogen (secondary N) is 1. The average Bonchev–Trinajstić information content (AvgIpc) is 2.73. The van der Waals surface area contributed by atoms with Crippen molar-refractivity contribution in [3.05, 3.63) is 41.5 Å². The zero-order valence-corrected chi connectivity index (χ0v) is 12.4. The molecule has 0 aliphatic carbocycles. The first-order valence-electron chi connectivity index (χ1n) is 6.57. The van der Waals surface area contributed by atoms with Gasteiger partial charge in [0.1, 0.15) is 0 Å². The molecule has 0 unspecified atom stereocenters. The molecule has 0 atom stereocenters. The molecule has 1 N–H and O–H groups in total. The second kappa shape index (κ2) is 5.13. The van der Waals surface area contributed by atoms with E-state index in [4.69, 9.17) is 0 Å². The Bertz CT molecular complexity index is 564. The molecule has 0 saturated carbocycles. The lowest BCUT2D eigenvalue weighted by Gasteiger charge is -2.21. The first-order chi connectivity index (χ1) is 8.85. The Morgan fingerprint density at radius 3 is 2.53 bits per heavy atom. The maximum Gasteiger partial charge on any atom is 0.0724 e. The van der Waals surface area contributed by atoms with Gasteiger partial charge in [-0.25, -0.2) is 4.68 Å². The topological polar surface area (TPSA) is 42.7 Å². The minimum absolute atomic E-state index is 0.0855. The van der Waals surface area contributed by atoms with Crippen LogP contribution in [0, 0.1) is 13.8 Å². The number of hydrogen-bond acceptors (Lipinski definition) is 3. The van der Waals surface area contributed by atoms with Gasteiger partial charge in [-0.1, -0.05) is 0 Å². The highest BCUT2D eigenvalue weighted by molar-refractivity contribution is 5.40. The fourth-order valence-electron chi connectivity index (χ4n) is 1.83. The third kappa shape index (κ3) is 3.64. The van der Waals surface area contributed by atoms with Gasteiger partial charge >= 0.3 is 0 Å². The lowest BCUT2D eigenvalue weighted by atomic mass is 10.1.